The SMILES string of the molecule is CC(C)C(=O)COc1ccc(OCC(=O)C(C)C)c(F)c1F. The lowest BCUT2D eigenvalue weighted by Gasteiger charge is -2.12. The lowest BCUT2D eigenvalue weighted by atomic mass is 10.1. The number of hydrogen-bond acceptors (Lipinski definition) is 4. The van der Waals surface area contributed by atoms with Crippen LogP contribution in [0.15, 0.2) is 12.1 Å². The Balaban J connectivity index is 2.75. The molecule has 22 heavy (non-hydrogen) atoms. The Hall–Kier alpha value is -1.98. The zero-order valence-electron chi connectivity index (χ0n) is 13.1. The molecule has 0 atom stereocenters. The second-order valence-electron chi connectivity index (χ2n) is 5.51. The molecule has 0 radical (unpaired) electrons. The highest BCUT2D eigenvalue weighted by Gasteiger charge is 2.18. The summed E-state index contributed by atoms with van der Waals surface area (Å²) >= 11 is 0. The topological polar surface area (TPSA) is 52.6 Å². The van der Waals surface area contributed by atoms with E-state index >= 15 is 0 Å². The number of ether oxygens (including phenoxy) is 2. The van der Waals surface area contributed by atoms with Gasteiger partial charge in [0.05, 0.1) is 0 Å². The van der Waals surface area contributed by atoms with Gasteiger partial charge in [-0.15, -0.1) is 0 Å². The minimum atomic E-state index is -1.24. The maximum absolute atomic E-state index is 13.8. The molecule has 122 valence electrons. The van der Waals surface area contributed by atoms with Crippen LogP contribution in [0.1, 0.15) is 27.7 Å². The van der Waals surface area contributed by atoms with E-state index in [2.05, 4.69) is 0 Å². The second kappa shape index (κ2) is 7.87. The Morgan fingerprint density at radius 1 is 0.864 bits per heavy atom. The highest BCUT2D eigenvalue weighted by atomic mass is 19.2. The molecule has 0 N–H and O–H groups in total. The predicted molar refractivity (Wildman–Crippen MR) is 77.0 cm³/mol. The standard InChI is InChI=1S/C16H20F2O4/c1-9(2)11(19)7-21-13-5-6-14(16(18)15(13)17)22-8-12(20)10(3)4/h5-6,9-10H,7-8H2,1-4H3. The van der Waals surface area contributed by atoms with E-state index in [1.807, 2.05) is 0 Å². The number of carbonyl (C=O) groups is 2. The van der Waals surface area contributed by atoms with Crippen molar-refractivity contribution in [2.45, 2.75) is 27.7 Å². The van der Waals surface area contributed by atoms with Crippen molar-refractivity contribution in [3.05, 3.63) is 23.8 Å². The van der Waals surface area contributed by atoms with Crippen LogP contribution in [-0.4, -0.2) is 24.8 Å². The van der Waals surface area contributed by atoms with Crippen LogP contribution in [0.25, 0.3) is 0 Å². The van der Waals surface area contributed by atoms with E-state index in [9.17, 15) is 18.4 Å². The Morgan fingerprint density at radius 2 is 1.18 bits per heavy atom. The monoisotopic (exact) mass is 314 g/mol. The van der Waals surface area contributed by atoms with Crippen molar-refractivity contribution in [2.24, 2.45) is 11.8 Å². The average molecular weight is 314 g/mol. The highest BCUT2D eigenvalue weighted by Crippen LogP contribution is 2.27. The summed E-state index contributed by atoms with van der Waals surface area (Å²) in [6, 6.07) is 2.34. The van der Waals surface area contributed by atoms with Gasteiger partial charge in [-0.25, -0.2) is 0 Å². The largest absolute Gasteiger partial charge is 0.483 e. The molecular formula is C16H20F2O4. The minimum Gasteiger partial charge on any atom is -0.483 e. The molecule has 0 aliphatic rings. The summed E-state index contributed by atoms with van der Waals surface area (Å²) in [6.07, 6.45) is 0. The summed E-state index contributed by atoms with van der Waals surface area (Å²) in [5.41, 5.74) is 0. The van der Waals surface area contributed by atoms with Gasteiger partial charge in [0.15, 0.2) is 23.1 Å². The number of carbonyl (C=O) groups excluding carboxylic acids is 2. The fourth-order valence-corrected chi connectivity index (χ4v) is 1.37. The lowest BCUT2D eigenvalue weighted by Crippen LogP contribution is -2.18. The van der Waals surface area contributed by atoms with Gasteiger partial charge >= 0.3 is 0 Å². The second-order valence-corrected chi connectivity index (χ2v) is 5.51. The zero-order valence-corrected chi connectivity index (χ0v) is 13.1. The van der Waals surface area contributed by atoms with E-state index in [0.29, 0.717) is 0 Å². The van der Waals surface area contributed by atoms with Gasteiger partial charge in [-0.05, 0) is 12.1 Å². The Bertz CT molecular complexity index is 504. The Labute approximate surface area is 128 Å². The zero-order chi connectivity index (χ0) is 16.9. The smallest absolute Gasteiger partial charge is 0.204 e. The third-order valence-electron chi connectivity index (χ3n) is 3.04. The third kappa shape index (κ3) is 4.79. The average Bonchev–Trinajstić information content (AvgIpc) is 2.46. The molecule has 4 nitrogen and oxygen atoms in total. The van der Waals surface area contributed by atoms with Crippen LogP contribution in [0.5, 0.6) is 11.5 Å². The van der Waals surface area contributed by atoms with Crippen molar-refractivity contribution >= 4 is 11.6 Å². The highest BCUT2D eigenvalue weighted by molar-refractivity contribution is 5.82. The maximum Gasteiger partial charge on any atom is 0.204 e. The normalized spacial score (nSPS) is 10.9. The third-order valence-corrected chi connectivity index (χ3v) is 3.04. The first-order valence-corrected chi connectivity index (χ1v) is 7.03. The molecule has 0 amide bonds. The summed E-state index contributed by atoms with van der Waals surface area (Å²) in [7, 11) is 0. The molecule has 0 fully saturated rings. The summed E-state index contributed by atoms with van der Waals surface area (Å²) in [5, 5.41) is 0. The van der Waals surface area contributed by atoms with Crippen molar-refractivity contribution in [2.75, 3.05) is 13.2 Å². The van der Waals surface area contributed by atoms with Crippen LogP contribution < -0.4 is 9.47 Å². The van der Waals surface area contributed by atoms with Crippen molar-refractivity contribution in [1.82, 2.24) is 0 Å². The van der Waals surface area contributed by atoms with E-state index in [-0.39, 0.29) is 48.1 Å². The van der Waals surface area contributed by atoms with Crippen molar-refractivity contribution < 1.29 is 27.8 Å². The van der Waals surface area contributed by atoms with Gasteiger partial charge in [-0.2, -0.15) is 8.78 Å². The van der Waals surface area contributed by atoms with E-state index in [1.54, 1.807) is 27.7 Å². The molecule has 1 aromatic rings. The molecule has 1 rings (SSSR count). The first-order valence-electron chi connectivity index (χ1n) is 7.03. The molecule has 1 aromatic carbocycles. The summed E-state index contributed by atoms with van der Waals surface area (Å²) in [6.45, 7) is 6.08. The molecule has 0 saturated carbocycles. The van der Waals surface area contributed by atoms with E-state index < -0.39 is 11.6 Å². The van der Waals surface area contributed by atoms with E-state index in [1.165, 1.54) is 12.1 Å². The molecular weight excluding hydrogens is 294 g/mol. The molecule has 0 aliphatic heterocycles. The van der Waals surface area contributed by atoms with Crippen LogP contribution >= 0.6 is 0 Å². The quantitative estimate of drug-likeness (QED) is 0.739. The fraction of sp³-hybridized carbons (Fsp3) is 0.500. The van der Waals surface area contributed by atoms with Crippen molar-refractivity contribution in [1.29, 1.82) is 0 Å². The van der Waals surface area contributed by atoms with Crippen LogP contribution in [-0.2, 0) is 9.59 Å². The van der Waals surface area contributed by atoms with E-state index in [0.717, 1.165) is 0 Å². The summed E-state index contributed by atoms with van der Waals surface area (Å²) in [4.78, 5) is 22.8. The van der Waals surface area contributed by atoms with Gasteiger partial charge in [0.25, 0.3) is 0 Å². The molecule has 0 bridgehead atoms. The lowest BCUT2D eigenvalue weighted by molar-refractivity contribution is -0.124. The summed E-state index contributed by atoms with van der Waals surface area (Å²) < 4.78 is 37.6. The van der Waals surface area contributed by atoms with Gasteiger partial charge in [-0.1, -0.05) is 27.7 Å². The number of ketones is 2. The number of Topliss-reactive ketones (excluding diaryl/α,β-unsaturated/α-hetero) is 2. The molecule has 0 unspecified atom stereocenters. The summed E-state index contributed by atoms with van der Waals surface area (Å²) in [5.74, 6) is -4.17. The molecule has 0 spiro atoms. The number of hydrogen-bond donors (Lipinski definition) is 0. The molecule has 0 heterocycles. The molecule has 0 aliphatic carbocycles. The van der Waals surface area contributed by atoms with Crippen LogP contribution in [0, 0.1) is 23.5 Å². The molecule has 0 saturated heterocycles. The molecule has 0 aromatic heterocycles. The van der Waals surface area contributed by atoms with Gasteiger partial charge < -0.3 is 9.47 Å². The Kier molecular flexibility index (Phi) is 6.46. The van der Waals surface area contributed by atoms with Crippen LogP contribution in [0.2, 0.25) is 0 Å². The predicted octanol–water partition coefficient (Wildman–Crippen LogP) is 3.17. The number of halogens is 2. The minimum absolute atomic E-state index is 0.220. The van der Waals surface area contributed by atoms with Crippen LogP contribution in [0.4, 0.5) is 8.78 Å². The van der Waals surface area contributed by atoms with Gasteiger partial charge in [0, 0.05) is 11.8 Å². The number of benzene rings is 1. The fourth-order valence-electron chi connectivity index (χ4n) is 1.37. The maximum atomic E-state index is 13.8. The van der Waals surface area contributed by atoms with Crippen LogP contribution in [0.3, 0.4) is 0 Å². The van der Waals surface area contributed by atoms with E-state index in [4.69, 9.17) is 9.47 Å². The van der Waals surface area contributed by atoms with Gasteiger partial charge in [-0.3, -0.25) is 9.59 Å². The van der Waals surface area contributed by atoms with Crippen molar-refractivity contribution in [3.8, 4) is 11.5 Å². The Morgan fingerprint density at radius 3 is 1.45 bits per heavy atom. The van der Waals surface area contributed by atoms with Gasteiger partial charge in [0.2, 0.25) is 11.6 Å². The molecule has 6 heteroatoms. The van der Waals surface area contributed by atoms with Crippen molar-refractivity contribution in [3.63, 3.8) is 0 Å². The first kappa shape index (κ1) is 18.1. The van der Waals surface area contributed by atoms with Gasteiger partial charge in [0.1, 0.15) is 13.2 Å². The first-order chi connectivity index (χ1) is 10.2. The number of rotatable bonds is 8.